The quantitative estimate of drug-likeness (QED) is 0.432. The van der Waals surface area contributed by atoms with Crippen LogP contribution in [-0.4, -0.2) is 26.6 Å². The highest BCUT2D eigenvalue weighted by Gasteiger charge is 2.17. The number of rotatable bonds is 8. The number of hydrogen-bond acceptors (Lipinski definition) is 4. The molecule has 0 aliphatic heterocycles. The van der Waals surface area contributed by atoms with Crippen LogP contribution in [0.15, 0.2) is 57.9 Å². The zero-order valence-electron chi connectivity index (χ0n) is 18.7. The van der Waals surface area contributed by atoms with Crippen molar-refractivity contribution in [1.29, 1.82) is 0 Å². The van der Waals surface area contributed by atoms with Crippen LogP contribution in [0, 0.1) is 13.8 Å². The van der Waals surface area contributed by atoms with Gasteiger partial charge in [-0.2, -0.15) is 9.61 Å². The molecule has 0 radical (unpaired) electrons. The summed E-state index contributed by atoms with van der Waals surface area (Å²) in [6, 6.07) is 13.7. The molecule has 7 heteroatoms. The van der Waals surface area contributed by atoms with Crippen LogP contribution in [0.4, 0.5) is 0 Å². The average Bonchev–Trinajstić information content (AvgIpc) is 3.46. The Morgan fingerprint density at radius 2 is 1.94 bits per heavy atom. The lowest BCUT2D eigenvalue weighted by molar-refractivity contribution is -0.121. The van der Waals surface area contributed by atoms with Crippen LogP contribution in [0.2, 0.25) is 0 Å². The van der Waals surface area contributed by atoms with E-state index in [9.17, 15) is 9.59 Å². The topological polar surface area (TPSA) is 81.5 Å². The van der Waals surface area contributed by atoms with Gasteiger partial charge in [-0.15, -0.1) is 0 Å². The first-order valence-electron chi connectivity index (χ1n) is 10.9. The molecule has 7 nitrogen and oxygen atoms in total. The minimum atomic E-state index is -0.166. The highest BCUT2D eigenvalue weighted by Crippen LogP contribution is 2.23. The number of carbonyl (C=O) groups is 1. The van der Waals surface area contributed by atoms with Gasteiger partial charge in [-0.05, 0) is 44.4 Å². The van der Waals surface area contributed by atoms with Gasteiger partial charge in [-0.25, -0.2) is 0 Å². The molecule has 4 rings (SSSR count). The minimum Gasteiger partial charge on any atom is -0.469 e. The smallest absolute Gasteiger partial charge is 0.277 e. The number of benzene rings is 1. The molecule has 0 saturated carbocycles. The summed E-state index contributed by atoms with van der Waals surface area (Å²) in [5, 5.41) is 7.52. The summed E-state index contributed by atoms with van der Waals surface area (Å²) in [5.41, 5.74) is 4.91. The first-order chi connectivity index (χ1) is 15.5. The van der Waals surface area contributed by atoms with Crippen LogP contribution >= 0.6 is 0 Å². The Labute approximate surface area is 186 Å². The lowest BCUT2D eigenvalue weighted by Crippen LogP contribution is -2.28. The number of nitrogens with zero attached hydrogens (tertiary/aromatic N) is 3. The summed E-state index contributed by atoms with van der Waals surface area (Å²) >= 11 is 0. The Morgan fingerprint density at radius 3 is 2.69 bits per heavy atom. The second kappa shape index (κ2) is 9.26. The third-order valence-corrected chi connectivity index (χ3v) is 5.95. The van der Waals surface area contributed by atoms with E-state index >= 15 is 0 Å². The zero-order chi connectivity index (χ0) is 22.7. The van der Waals surface area contributed by atoms with Crippen LogP contribution in [0.5, 0.6) is 0 Å². The fourth-order valence-electron chi connectivity index (χ4n) is 3.97. The molecule has 0 aliphatic rings. The highest BCUT2D eigenvalue weighted by atomic mass is 16.3. The van der Waals surface area contributed by atoms with E-state index in [2.05, 4.69) is 10.4 Å². The number of aromatic nitrogens is 3. The number of hydrogen-bond donors (Lipinski definition) is 1. The van der Waals surface area contributed by atoms with E-state index in [1.54, 1.807) is 6.26 Å². The van der Waals surface area contributed by atoms with Crippen LogP contribution < -0.4 is 10.9 Å². The number of carbonyl (C=O) groups excluding carboxylic acids is 1. The van der Waals surface area contributed by atoms with Crippen molar-refractivity contribution in [2.75, 3.05) is 6.54 Å². The molecule has 166 valence electrons. The second-order valence-corrected chi connectivity index (χ2v) is 8.08. The molecule has 0 spiro atoms. The molecule has 4 aromatic rings. The van der Waals surface area contributed by atoms with Gasteiger partial charge in [0.2, 0.25) is 5.91 Å². The van der Waals surface area contributed by atoms with Crippen molar-refractivity contribution in [1.82, 2.24) is 19.5 Å². The Balaban J connectivity index is 1.47. The van der Waals surface area contributed by atoms with Crippen molar-refractivity contribution in [3.05, 3.63) is 81.7 Å². The molecule has 1 aromatic carbocycles. The lowest BCUT2D eigenvalue weighted by Gasteiger charge is -2.12. The van der Waals surface area contributed by atoms with Gasteiger partial charge in [0.1, 0.15) is 11.4 Å². The van der Waals surface area contributed by atoms with E-state index in [-0.39, 0.29) is 17.9 Å². The largest absolute Gasteiger partial charge is 0.469 e. The number of fused-ring (bicyclic) bond motifs is 1. The van der Waals surface area contributed by atoms with Crippen molar-refractivity contribution in [3.8, 4) is 11.3 Å². The summed E-state index contributed by atoms with van der Waals surface area (Å²) in [6.07, 6.45) is 3.87. The van der Waals surface area contributed by atoms with Crippen molar-refractivity contribution in [3.63, 3.8) is 0 Å². The van der Waals surface area contributed by atoms with E-state index in [1.807, 2.05) is 67.9 Å². The molecular weight excluding hydrogens is 404 g/mol. The van der Waals surface area contributed by atoms with Gasteiger partial charge in [0.05, 0.1) is 12.0 Å². The molecule has 0 saturated heterocycles. The van der Waals surface area contributed by atoms with E-state index in [0.29, 0.717) is 18.5 Å². The maximum atomic E-state index is 13.2. The Morgan fingerprint density at radius 1 is 1.12 bits per heavy atom. The Hall–Kier alpha value is -3.61. The SMILES string of the molecule is Cc1ccccc1-c1cc2n(C)c(C)c(CCC(=O)NCCCc3ccco3)c(=O)n2n1. The van der Waals surface area contributed by atoms with E-state index in [4.69, 9.17) is 4.42 Å². The predicted octanol–water partition coefficient (Wildman–Crippen LogP) is 3.59. The fourth-order valence-corrected chi connectivity index (χ4v) is 3.97. The van der Waals surface area contributed by atoms with E-state index < -0.39 is 0 Å². The number of furan rings is 1. The molecule has 1 amide bonds. The number of amides is 1. The summed E-state index contributed by atoms with van der Waals surface area (Å²) in [7, 11) is 1.92. The summed E-state index contributed by atoms with van der Waals surface area (Å²) in [4.78, 5) is 25.5. The Kier molecular flexibility index (Phi) is 6.25. The fraction of sp³-hybridized carbons (Fsp3) is 0.320. The maximum Gasteiger partial charge on any atom is 0.277 e. The molecule has 0 fully saturated rings. The van der Waals surface area contributed by atoms with Crippen molar-refractivity contribution >= 4 is 11.6 Å². The molecular formula is C25H28N4O3. The van der Waals surface area contributed by atoms with Crippen molar-refractivity contribution in [2.24, 2.45) is 7.05 Å². The van der Waals surface area contributed by atoms with Crippen LogP contribution in [0.25, 0.3) is 16.9 Å². The van der Waals surface area contributed by atoms with Crippen LogP contribution in [0.3, 0.4) is 0 Å². The van der Waals surface area contributed by atoms with Gasteiger partial charge in [-0.1, -0.05) is 24.3 Å². The minimum absolute atomic E-state index is 0.0629. The van der Waals surface area contributed by atoms with E-state index in [1.165, 1.54) is 4.52 Å². The van der Waals surface area contributed by atoms with Crippen LogP contribution in [0.1, 0.15) is 35.4 Å². The van der Waals surface area contributed by atoms with E-state index in [0.717, 1.165) is 46.8 Å². The highest BCUT2D eigenvalue weighted by molar-refractivity contribution is 5.76. The van der Waals surface area contributed by atoms with Crippen molar-refractivity contribution in [2.45, 2.75) is 39.5 Å². The van der Waals surface area contributed by atoms with Gasteiger partial charge >= 0.3 is 0 Å². The third-order valence-electron chi connectivity index (χ3n) is 5.95. The molecule has 1 N–H and O–H groups in total. The summed E-state index contributed by atoms with van der Waals surface area (Å²) in [6.45, 7) is 4.52. The van der Waals surface area contributed by atoms with Gasteiger partial charge in [0.15, 0.2) is 0 Å². The second-order valence-electron chi connectivity index (χ2n) is 8.08. The maximum absolute atomic E-state index is 13.2. The molecule has 0 atom stereocenters. The monoisotopic (exact) mass is 432 g/mol. The van der Waals surface area contributed by atoms with Crippen molar-refractivity contribution < 1.29 is 9.21 Å². The normalized spacial score (nSPS) is 11.2. The predicted molar refractivity (Wildman–Crippen MR) is 124 cm³/mol. The Bertz CT molecular complexity index is 1300. The van der Waals surface area contributed by atoms with Gasteiger partial charge in [0.25, 0.3) is 5.56 Å². The first kappa shape index (κ1) is 21.6. The summed E-state index contributed by atoms with van der Waals surface area (Å²) in [5.74, 6) is 0.850. The summed E-state index contributed by atoms with van der Waals surface area (Å²) < 4.78 is 8.71. The molecule has 0 aliphatic carbocycles. The van der Waals surface area contributed by atoms with Gasteiger partial charge < -0.3 is 14.3 Å². The molecule has 3 heterocycles. The van der Waals surface area contributed by atoms with Gasteiger partial charge in [-0.3, -0.25) is 9.59 Å². The molecule has 3 aromatic heterocycles. The number of aryl methyl sites for hydroxylation is 3. The standard InChI is InChI=1S/C25H28N4O3/c1-17-8-4-5-11-20(17)22-16-24-28(3)18(2)21(25(31)29(24)27-22)12-13-23(30)26-14-6-9-19-10-7-15-32-19/h4-5,7-8,10-11,15-16H,6,9,12-14H2,1-3H3,(H,26,30). The molecule has 0 unspecified atom stereocenters. The van der Waals surface area contributed by atoms with Gasteiger partial charge in [0, 0.05) is 49.3 Å². The van der Waals surface area contributed by atoms with Crippen LogP contribution in [-0.2, 0) is 24.7 Å². The average molecular weight is 433 g/mol. The number of nitrogens with one attached hydrogen (secondary N) is 1. The molecule has 32 heavy (non-hydrogen) atoms. The lowest BCUT2D eigenvalue weighted by atomic mass is 10.1. The molecule has 0 bridgehead atoms. The zero-order valence-corrected chi connectivity index (χ0v) is 18.7. The first-order valence-corrected chi connectivity index (χ1v) is 10.9. The third kappa shape index (κ3) is 4.37.